The molecule has 1 aromatic heterocycles. The molecule has 1 unspecified atom stereocenters. The van der Waals surface area contributed by atoms with Crippen LogP contribution in [0.25, 0.3) is 16.9 Å². The minimum absolute atomic E-state index is 0.181. The lowest BCUT2D eigenvalue weighted by Crippen LogP contribution is -2.37. The van der Waals surface area contributed by atoms with E-state index in [9.17, 15) is 17.6 Å². The van der Waals surface area contributed by atoms with Gasteiger partial charge in [0.1, 0.15) is 23.1 Å². The number of alkyl halides is 3. The molecule has 0 radical (unpaired) electrons. The number of unbranched alkanes of at least 4 members (excludes halogenated alkanes) is 1. The number of allylic oxidation sites excluding steroid dienone is 4. The third-order valence-corrected chi connectivity index (χ3v) is 7.51. The molecule has 2 aromatic carbocycles. The Hall–Kier alpha value is -3.85. The number of rotatable bonds is 14. The van der Waals surface area contributed by atoms with E-state index in [1.165, 1.54) is 25.5 Å². The van der Waals surface area contributed by atoms with Crippen molar-refractivity contribution in [2.24, 2.45) is 5.92 Å². The molecular weight excluding hydrogens is 594 g/mol. The highest BCUT2D eigenvalue weighted by Crippen LogP contribution is 2.27. The lowest BCUT2D eigenvalue weighted by molar-refractivity contribution is -0.110. The molecule has 4 rings (SSSR count). The van der Waals surface area contributed by atoms with Gasteiger partial charge in [0, 0.05) is 49.7 Å². The highest BCUT2D eigenvalue weighted by Gasteiger charge is 2.19. The van der Waals surface area contributed by atoms with Gasteiger partial charge < -0.3 is 18.9 Å². The van der Waals surface area contributed by atoms with E-state index in [0.29, 0.717) is 17.4 Å². The number of piperidine rings is 1. The molecule has 250 valence electrons. The van der Waals surface area contributed by atoms with Crippen molar-refractivity contribution in [3.8, 4) is 28.4 Å². The minimum atomic E-state index is -4.00. The van der Waals surface area contributed by atoms with Crippen LogP contribution >= 0.6 is 0 Å². The normalized spacial score (nSPS) is 15.8. The van der Waals surface area contributed by atoms with E-state index in [4.69, 9.17) is 14.5 Å². The van der Waals surface area contributed by atoms with E-state index < -0.39 is 6.18 Å². The Labute approximate surface area is 271 Å². The van der Waals surface area contributed by atoms with Gasteiger partial charge in [-0.1, -0.05) is 39.0 Å². The number of hydrogen-bond donors (Lipinski definition) is 0. The van der Waals surface area contributed by atoms with Crippen LogP contribution in [0.3, 0.4) is 0 Å². The monoisotopic (exact) mass is 641 g/mol. The summed E-state index contributed by atoms with van der Waals surface area (Å²) in [6, 6.07) is 16.2. The zero-order chi connectivity index (χ0) is 33.5. The number of halogens is 4. The molecule has 1 atom stereocenters. The van der Waals surface area contributed by atoms with Crippen LogP contribution in [0.15, 0.2) is 91.1 Å². The lowest BCUT2D eigenvalue weighted by Gasteiger charge is -2.31. The Morgan fingerprint density at radius 3 is 2.37 bits per heavy atom. The number of likely N-dealkylation sites (tertiary alicyclic amines) is 1. The van der Waals surface area contributed by atoms with Crippen molar-refractivity contribution in [1.82, 2.24) is 14.5 Å². The third kappa shape index (κ3) is 12.9. The van der Waals surface area contributed by atoms with E-state index in [1.54, 1.807) is 19.1 Å². The fraction of sp³-hybridized carbons (Fsp3) is 0.432. The summed E-state index contributed by atoms with van der Waals surface area (Å²) in [6.45, 7) is 14.4. The number of imidazole rings is 1. The van der Waals surface area contributed by atoms with Gasteiger partial charge in [0.15, 0.2) is 0 Å². The molecule has 3 aromatic rings. The van der Waals surface area contributed by atoms with Crippen molar-refractivity contribution < 1.29 is 27.0 Å². The van der Waals surface area contributed by atoms with Crippen molar-refractivity contribution in [2.45, 2.75) is 72.4 Å². The van der Waals surface area contributed by atoms with Crippen LogP contribution in [0.2, 0.25) is 0 Å². The Morgan fingerprint density at radius 1 is 1.07 bits per heavy atom. The molecule has 1 fully saturated rings. The average Bonchev–Trinajstić information content (AvgIpc) is 3.46. The third-order valence-electron chi connectivity index (χ3n) is 7.51. The molecule has 46 heavy (non-hydrogen) atoms. The predicted molar refractivity (Wildman–Crippen MR) is 178 cm³/mol. The summed E-state index contributed by atoms with van der Waals surface area (Å²) in [5, 5.41) is 0. The van der Waals surface area contributed by atoms with Crippen molar-refractivity contribution >= 4 is 0 Å². The van der Waals surface area contributed by atoms with Crippen LogP contribution in [0.4, 0.5) is 17.6 Å². The first-order valence-corrected chi connectivity index (χ1v) is 16.0. The molecule has 2 heterocycles. The highest BCUT2D eigenvalue weighted by atomic mass is 19.4. The molecule has 1 aliphatic heterocycles. The molecule has 0 aliphatic carbocycles. The van der Waals surface area contributed by atoms with Gasteiger partial charge in [-0.3, -0.25) is 0 Å². The standard InChI is InChI=1S/C35H44FN3O2.C2H3F3/c1-5-8-14-35-37-34(29-15-19-32(20-16-29)40-26-28-12-10-23-38(7-3)24-28)25-39(35)31-17-21-33(22-18-31)41-27(4)11-9-13-30(36)6-2;1-2(3,4)5/h6,9,11,15-22,25,28H,4-5,7-8,10,12-14,23-24,26H2,1-3H3;1H3/b11-9-,30-6+;. The molecule has 0 saturated carbocycles. The van der Waals surface area contributed by atoms with Gasteiger partial charge in [0.2, 0.25) is 0 Å². The zero-order valence-corrected chi connectivity index (χ0v) is 27.5. The second-order valence-electron chi connectivity index (χ2n) is 11.4. The highest BCUT2D eigenvalue weighted by molar-refractivity contribution is 5.61. The zero-order valence-electron chi connectivity index (χ0n) is 27.5. The number of hydrogen-bond acceptors (Lipinski definition) is 4. The quantitative estimate of drug-likeness (QED) is 0.0998. The lowest BCUT2D eigenvalue weighted by atomic mass is 9.99. The summed E-state index contributed by atoms with van der Waals surface area (Å²) >= 11 is 0. The molecule has 0 bridgehead atoms. The first kappa shape index (κ1) is 36.6. The van der Waals surface area contributed by atoms with Crippen molar-refractivity contribution in [1.29, 1.82) is 0 Å². The summed E-state index contributed by atoms with van der Waals surface area (Å²) in [5.74, 6) is 3.50. The smallest absolute Gasteiger partial charge is 0.386 e. The van der Waals surface area contributed by atoms with Gasteiger partial charge >= 0.3 is 6.18 Å². The molecule has 1 saturated heterocycles. The van der Waals surface area contributed by atoms with Crippen LogP contribution < -0.4 is 9.47 Å². The number of ether oxygens (including phenoxy) is 2. The average molecular weight is 642 g/mol. The van der Waals surface area contributed by atoms with Crippen LogP contribution in [0, 0.1) is 5.92 Å². The Bertz CT molecular complexity index is 1400. The van der Waals surface area contributed by atoms with E-state index in [-0.39, 0.29) is 19.2 Å². The second kappa shape index (κ2) is 18.3. The summed E-state index contributed by atoms with van der Waals surface area (Å²) < 4.78 is 58.5. The number of aromatic nitrogens is 2. The first-order chi connectivity index (χ1) is 22.0. The Balaban J connectivity index is 0.00000107. The molecule has 5 nitrogen and oxygen atoms in total. The van der Waals surface area contributed by atoms with Gasteiger partial charge in [-0.25, -0.2) is 9.37 Å². The van der Waals surface area contributed by atoms with Gasteiger partial charge in [-0.15, -0.1) is 0 Å². The van der Waals surface area contributed by atoms with E-state index >= 15 is 0 Å². The summed E-state index contributed by atoms with van der Waals surface area (Å²) in [4.78, 5) is 7.53. The van der Waals surface area contributed by atoms with Crippen LogP contribution in [-0.4, -0.2) is 46.9 Å². The number of nitrogens with zero attached hydrogens (tertiary/aromatic N) is 3. The Kier molecular flexibility index (Phi) is 14.6. The van der Waals surface area contributed by atoms with Crippen LogP contribution in [0.5, 0.6) is 11.5 Å². The number of aryl methyl sites for hydroxylation is 1. The van der Waals surface area contributed by atoms with Crippen molar-refractivity contribution in [3.05, 3.63) is 96.9 Å². The molecule has 1 aliphatic rings. The minimum Gasteiger partial charge on any atom is -0.493 e. The molecular formula is C37H47F4N3O2. The molecule has 9 heteroatoms. The fourth-order valence-electron chi connectivity index (χ4n) is 5.08. The number of benzene rings is 2. The maximum Gasteiger partial charge on any atom is 0.386 e. The van der Waals surface area contributed by atoms with E-state index in [2.05, 4.69) is 60.4 Å². The second-order valence-corrected chi connectivity index (χ2v) is 11.4. The largest absolute Gasteiger partial charge is 0.493 e. The summed E-state index contributed by atoms with van der Waals surface area (Å²) in [6.07, 6.45) is 8.75. The Morgan fingerprint density at radius 2 is 1.74 bits per heavy atom. The maximum atomic E-state index is 13.3. The van der Waals surface area contributed by atoms with Gasteiger partial charge in [-0.2, -0.15) is 13.2 Å². The molecule has 0 N–H and O–H groups in total. The van der Waals surface area contributed by atoms with Crippen LogP contribution in [-0.2, 0) is 6.42 Å². The van der Waals surface area contributed by atoms with Crippen LogP contribution in [0.1, 0.15) is 65.6 Å². The maximum absolute atomic E-state index is 13.3. The van der Waals surface area contributed by atoms with Gasteiger partial charge in [-0.05, 0) is 93.9 Å². The SMILES string of the molecule is C=C(/C=C\C/C(F)=C\C)Oc1ccc(-n2cc(-c3ccc(OCC4CCCN(CC)C4)cc3)nc2CCCC)cc1.CC(F)(F)F. The van der Waals surface area contributed by atoms with Crippen molar-refractivity contribution in [2.75, 3.05) is 26.2 Å². The first-order valence-electron chi connectivity index (χ1n) is 16.0. The predicted octanol–water partition coefficient (Wildman–Crippen LogP) is 10.3. The summed E-state index contributed by atoms with van der Waals surface area (Å²) in [7, 11) is 0. The molecule has 0 spiro atoms. The summed E-state index contributed by atoms with van der Waals surface area (Å²) in [5.41, 5.74) is 3.04. The van der Waals surface area contributed by atoms with E-state index in [1.807, 2.05) is 24.3 Å². The topological polar surface area (TPSA) is 39.5 Å². The van der Waals surface area contributed by atoms with Gasteiger partial charge in [0.25, 0.3) is 0 Å². The van der Waals surface area contributed by atoms with E-state index in [0.717, 1.165) is 67.5 Å². The fourth-order valence-corrected chi connectivity index (χ4v) is 5.08. The van der Waals surface area contributed by atoms with Gasteiger partial charge in [0.05, 0.1) is 18.1 Å². The molecule has 0 amide bonds. The van der Waals surface area contributed by atoms with Crippen molar-refractivity contribution in [3.63, 3.8) is 0 Å².